The van der Waals surface area contributed by atoms with Crippen LogP contribution in [0.15, 0.2) is 77.9 Å². The monoisotopic (exact) mass is 384 g/mol. The molecular formula is C23H20N4O2. The Morgan fingerprint density at radius 3 is 2.41 bits per heavy atom. The zero-order valence-corrected chi connectivity index (χ0v) is 15.8. The molecule has 2 aromatic carbocycles. The van der Waals surface area contributed by atoms with Gasteiger partial charge in [0.25, 0.3) is 11.5 Å². The first-order chi connectivity index (χ1) is 14.2. The lowest BCUT2D eigenvalue weighted by atomic mass is 10.1. The minimum Gasteiger partial charge on any atom is -0.349 e. The van der Waals surface area contributed by atoms with E-state index in [1.807, 2.05) is 60.7 Å². The maximum Gasteiger partial charge on any atom is 0.266 e. The van der Waals surface area contributed by atoms with Crippen LogP contribution in [0.1, 0.15) is 28.8 Å². The van der Waals surface area contributed by atoms with Crippen molar-refractivity contribution in [3.05, 3.63) is 94.5 Å². The summed E-state index contributed by atoms with van der Waals surface area (Å²) in [4.78, 5) is 26.2. The van der Waals surface area contributed by atoms with Crippen molar-refractivity contribution < 1.29 is 4.79 Å². The summed E-state index contributed by atoms with van der Waals surface area (Å²) in [5.74, 6) is -0.169. The number of hydrogen-bond donors (Lipinski definition) is 1. The largest absolute Gasteiger partial charge is 0.349 e. The van der Waals surface area contributed by atoms with E-state index < -0.39 is 0 Å². The first-order valence-electron chi connectivity index (χ1n) is 9.72. The van der Waals surface area contributed by atoms with Crippen molar-refractivity contribution in [1.29, 1.82) is 0 Å². The van der Waals surface area contributed by atoms with Crippen LogP contribution < -0.4 is 10.9 Å². The first-order valence-corrected chi connectivity index (χ1v) is 9.72. The summed E-state index contributed by atoms with van der Waals surface area (Å²) in [6.45, 7) is 0.489. The van der Waals surface area contributed by atoms with Gasteiger partial charge in [-0.3, -0.25) is 18.8 Å². The van der Waals surface area contributed by atoms with Crippen molar-refractivity contribution in [1.82, 2.24) is 19.7 Å². The van der Waals surface area contributed by atoms with E-state index in [-0.39, 0.29) is 17.5 Å². The van der Waals surface area contributed by atoms with Crippen molar-refractivity contribution in [2.24, 2.45) is 0 Å². The number of pyridine rings is 1. The maximum absolute atomic E-state index is 13.2. The average Bonchev–Trinajstić information content (AvgIpc) is 3.47. The van der Waals surface area contributed by atoms with E-state index in [1.165, 1.54) is 4.57 Å². The predicted molar refractivity (Wildman–Crippen MR) is 111 cm³/mol. The van der Waals surface area contributed by atoms with Crippen LogP contribution in [0.4, 0.5) is 0 Å². The quantitative estimate of drug-likeness (QED) is 0.575. The molecule has 0 spiro atoms. The van der Waals surface area contributed by atoms with Gasteiger partial charge in [0.1, 0.15) is 0 Å². The Kier molecular flexibility index (Phi) is 4.24. The van der Waals surface area contributed by atoms with Crippen LogP contribution >= 0.6 is 0 Å². The Hall–Kier alpha value is -3.67. The van der Waals surface area contributed by atoms with Crippen LogP contribution in [-0.4, -0.2) is 26.3 Å². The van der Waals surface area contributed by atoms with Gasteiger partial charge in [-0.2, -0.15) is 5.10 Å². The number of rotatable bonds is 5. The molecule has 1 N–H and O–H groups in total. The zero-order chi connectivity index (χ0) is 19.8. The molecule has 0 saturated heterocycles. The van der Waals surface area contributed by atoms with Crippen LogP contribution in [0, 0.1) is 0 Å². The number of para-hydroxylation sites is 1. The molecule has 5 rings (SSSR count). The molecule has 0 radical (unpaired) electrons. The average molecular weight is 384 g/mol. The van der Waals surface area contributed by atoms with Gasteiger partial charge in [0.05, 0.1) is 29.2 Å². The van der Waals surface area contributed by atoms with Gasteiger partial charge in [0.15, 0.2) is 0 Å². The number of hydrogen-bond acceptors (Lipinski definition) is 3. The summed E-state index contributed by atoms with van der Waals surface area (Å²) in [5, 5.41) is 7.93. The number of carbonyl (C=O) groups excluding carboxylic acids is 1. The molecular weight excluding hydrogens is 364 g/mol. The standard InChI is InChI=1S/C23H20N4O2/c28-22(25-17-11-12-17)20-15-26(18-9-5-2-6-10-18)23(29)19-13-24-27(21(19)20)14-16-7-3-1-4-8-16/h1-10,13,15,17H,11-12,14H2,(H,25,28). The van der Waals surface area contributed by atoms with Crippen molar-refractivity contribution in [2.75, 3.05) is 0 Å². The van der Waals surface area contributed by atoms with E-state index in [0.29, 0.717) is 23.0 Å². The van der Waals surface area contributed by atoms with Gasteiger partial charge in [0.2, 0.25) is 0 Å². The minimum atomic E-state index is -0.187. The molecule has 4 aromatic rings. The molecule has 29 heavy (non-hydrogen) atoms. The van der Waals surface area contributed by atoms with E-state index in [2.05, 4.69) is 10.4 Å². The molecule has 1 amide bonds. The number of aromatic nitrogens is 3. The topological polar surface area (TPSA) is 68.9 Å². The Labute approximate surface area is 167 Å². The molecule has 0 bridgehead atoms. The Balaban J connectivity index is 1.69. The lowest BCUT2D eigenvalue weighted by Crippen LogP contribution is -2.29. The smallest absolute Gasteiger partial charge is 0.266 e. The second-order valence-electron chi connectivity index (χ2n) is 7.35. The van der Waals surface area contributed by atoms with Gasteiger partial charge in [-0.15, -0.1) is 0 Å². The number of nitrogens with one attached hydrogen (secondary N) is 1. The molecule has 0 atom stereocenters. The Bertz CT molecular complexity index is 1240. The van der Waals surface area contributed by atoms with Gasteiger partial charge in [-0.1, -0.05) is 48.5 Å². The first kappa shape index (κ1) is 17.4. The fourth-order valence-electron chi connectivity index (χ4n) is 3.52. The Morgan fingerprint density at radius 1 is 1.03 bits per heavy atom. The van der Waals surface area contributed by atoms with Gasteiger partial charge < -0.3 is 5.32 Å². The second-order valence-corrected chi connectivity index (χ2v) is 7.35. The summed E-state index contributed by atoms with van der Waals surface area (Å²) in [6.07, 6.45) is 5.20. The molecule has 1 aliphatic rings. The molecule has 0 aliphatic heterocycles. The third kappa shape index (κ3) is 3.33. The van der Waals surface area contributed by atoms with Crippen molar-refractivity contribution in [2.45, 2.75) is 25.4 Å². The molecule has 6 heteroatoms. The molecule has 0 unspecified atom stereocenters. The second kappa shape index (κ2) is 7.05. The highest BCUT2D eigenvalue weighted by Crippen LogP contribution is 2.23. The van der Waals surface area contributed by atoms with E-state index >= 15 is 0 Å². The van der Waals surface area contributed by atoms with Crippen molar-refractivity contribution in [3.63, 3.8) is 0 Å². The van der Waals surface area contributed by atoms with Gasteiger partial charge in [0, 0.05) is 17.9 Å². The predicted octanol–water partition coefficient (Wildman–Crippen LogP) is 3.13. The summed E-state index contributed by atoms with van der Waals surface area (Å²) in [7, 11) is 0. The van der Waals surface area contributed by atoms with Gasteiger partial charge >= 0.3 is 0 Å². The molecule has 6 nitrogen and oxygen atoms in total. The minimum absolute atomic E-state index is 0.169. The van der Waals surface area contributed by atoms with Crippen LogP contribution in [0.25, 0.3) is 16.6 Å². The number of nitrogens with zero attached hydrogens (tertiary/aromatic N) is 3. The number of amides is 1. The van der Waals surface area contributed by atoms with E-state index in [4.69, 9.17) is 0 Å². The molecule has 1 fully saturated rings. The number of benzene rings is 2. The van der Waals surface area contributed by atoms with E-state index in [1.54, 1.807) is 17.1 Å². The highest BCUT2D eigenvalue weighted by Gasteiger charge is 2.27. The van der Waals surface area contributed by atoms with Crippen LogP contribution in [0.2, 0.25) is 0 Å². The lowest BCUT2D eigenvalue weighted by molar-refractivity contribution is 0.0951. The molecule has 1 saturated carbocycles. The molecule has 2 aromatic heterocycles. The van der Waals surface area contributed by atoms with Crippen LogP contribution in [-0.2, 0) is 6.54 Å². The fourth-order valence-corrected chi connectivity index (χ4v) is 3.52. The number of carbonyl (C=O) groups is 1. The molecule has 144 valence electrons. The van der Waals surface area contributed by atoms with Gasteiger partial charge in [-0.05, 0) is 30.5 Å². The lowest BCUT2D eigenvalue weighted by Gasteiger charge is -2.12. The summed E-state index contributed by atoms with van der Waals surface area (Å²) in [5.41, 5.74) is 2.62. The third-order valence-corrected chi connectivity index (χ3v) is 5.17. The zero-order valence-electron chi connectivity index (χ0n) is 15.8. The molecule has 2 heterocycles. The summed E-state index contributed by atoms with van der Waals surface area (Å²) < 4.78 is 3.27. The highest BCUT2D eigenvalue weighted by molar-refractivity contribution is 6.05. The normalized spacial score (nSPS) is 13.5. The molecule has 1 aliphatic carbocycles. The van der Waals surface area contributed by atoms with E-state index in [0.717, 1.165) is 24.1 Å². The Morgan fingerprint density at radius 2 is 1.72 bits per heavy atom. The summed E-state index contributed by atoms with van der Waals surface area (Å²) in [6, 6.07) is 19.4. The van der Waals surface area contributed by atoms with Crippen molar-refractivity contribution in [3.8, 4) is 5.69 Å². The number of fused-ring (bicyclic) bond motifs is 1. The van der Waals surface area contributed by atoms with Crippen molar-refractivity contribution >= 4 is 16.8 Å². The fraction of sp³-hybridized carbons (Fsp3) is 0.174. The summed E-state index contributed by atoms with van der Waals surface area (Å²) >= 11 is 0. The maximum atomic E-state index is 13.2. The highest BCUT2D eigenvalue weighted by atomic mass is 16.2. The van der Waals surface area contributed by atoms with Crippen LogP contribution in [0.5, 0.6) is 0 Å². The van der Waals surface area contributed by atoms with Crippen LogP contribution in [0.3, 0.4) is 0 Å². The third-order valence-electron chi connectivity index (χ3n) is 5.17. The van der Waals surface area contributed by atoms with Gasteiger partial charge in [-0.25, -0.2) is 0 Å². The SMILES string of the molecule is O=C(NC1CC1)c1cn(-c2ccccc2)c(=O)c2cnn(Cc3ccccc3)c12. The van der Waals surface area contributed by atoms with E-state index in [9.17, 15) is 9.59 Å².